The lowest BCUT2D eigenvalue weighted by Crippen LogP contribution is -2.51. The van der Waals surface area contributed by atoms with E-state index in [-0.39, 0.29) is 43.8 Å². The van der Waals surface area contributed by atoms with Gasteiger partial charge < -0.3 is 40.2 Å². The van der Waals surface area contributed by atoms with E-state index in [0.29, 0.717) is 37.1 Å². The number of carbonyl (C=O) groups excluding carboxylic acids is 2. The fourth-order valence-electron chi connectivity index (χ4n) is 5.36. The molecule has 41 heavy (non-hydrogen) atoms. The van der Waals surface area contributed by atoms with E-state index in [1.165, 1.54) is 0 Å². The van der Waals surface area contributed by atoms with Crippen LogP contribution in [0.4, 0.5) is 14.4 Å². The summed E-state index contributed by atoms with van der Waals surface area (Å²) in [6.45, 7) is 8.52. The molecular weight excluding hydrogens is 552 g/mol. The highest BCUT2D eigenvalue weighted by Crippen LogP contribution is 2.34. The Balaban J connectivity index is 1.62. The van der Waals surface area contributed by atoms with E-state index < -0.39 is 17.8 Å². The first-order valence-corrected chi connectivity index (χ1v) is 14.8. The molecule has 230 valence electrons. The third-order valence-electron chi connectivity index (χ3n) is 7.12. The number of amides is 4. The topological polar surface area (TPSA) is 138 Å². The molecule has 1 aromatic rings. The van der Waals surface area contributed by atoms with Crippen molar-refractivity contribution in [3.8, 4) is 0 Å². The van der Waals surface area contributed by atoms with Crippen LogP contribution in [0.25, 0.3) is 0 Å². The predicted octanol–water partition coefficient (Wildman–Crippen LogP) is 4.80. The number of halogens is 1. The van der Waals surface area contributed by atoms with Crippen LogP contribution in [0.5, 0.6) is 0 Å². The van der Waals surface area contributed by atoms with Gasteiger partial charge in [0.1, 0.15) is 5.60 Å². The van der Waals surface area contributed by atoms with E-state index in [9.17, 15) is 14.4 Å². The van der Waals surface area contributed by atoms with Gasteiger partial charge in [-0.2, -0.15) is 0 Å². The summed E-state index contributed by atoms with van der Waals surface area (Å²) >= 11 is 6.26. The average molecular weight is 597 g/mol. The molecule has 3 rings (SSSR count). The fraction of sp³-hybridized carbons (Fsp3) is 0.690. The van der Waals surface area contributed by atoms with Crippen molar-refractivity contribution < 1.29 is 33.7 Å². The van der Waals surface area contributed by atoms with Crippen LogP contribution >= 0.6 is 11.6 Å². The van der Waals surface area contributed by atoms with Crippen LogP contribution in [-0.2, 0) is 14.2 Å². The number of hydrogen-bond donors (Lipinski definition) is 4. The second kappa shape index (κ2) is 16.0. The Kier molecular flexibility index (Phi) is 12.8. The lowest BCUT2D eigenvalue weighted by molar-refractivity contribution is -0.00840. The smallest absolute Gasteiger partial charge is 0.407 e. The molecule has 0 spiro atoms. The Labute approximate surface area is 247 Å². The van der Waals surface area contributed by atoms with Crippen LogP contribution in [-0.4, -0.2) is 85.9 Å². The van der Waals surface area contributed by atoms with E-state index in [4.69, 9.17) is 30.9 Å². The predicted molar refractivity (Wildman–Crippen MR) is 155 cm³/mol. The van der Waals surface area contributed by atoms with E-state index in [0.717, 1.165) is 37.9 Å². The number of carbonyl (C=O) groups is 3. The van der Waals surface area contributed by atoms with Gasteiger partial charge >= 0.3 is 18.2 Å². The number of urea groups is 1. The number of piperidine rings is 1. The van der Waals surface area contributed by atoms with Gasteiger partial charge in [0.05, 0.1) is 12.7 Å². The summed E-state index contributed by atoms with van der Waals surface area (Å²) in [7, 11) is 0. The van der Waals surface area contributed by atoms with Gasteiger partial charge in [0.25, 0.3) is 0 Å². The van der Waals surface area contributed by atoms with Gasteiger partial charge in [0.2, 0.25) is 0 Å². The first-order chi connectivity index (χ1) is 19.5. The van der Waals surface area contributed by atoms with Crippen molar-refractivity contribution >= 4 is 29.8 Å². The van der Waals surface area contributed by atoms with Crippen LogP contribution in [0.1, 0.15) is 64.5 Å². The average Bonchev–Trinajstić information content (AvgIpc) is 2.91. The second-order valence-electron chi connectivity index (χ2n) is 11.8. The van der Waals surface area contributed by atoms with Gasteiger partial charge in [-0.25, -0.2) is 14.4 Å². The number of ether oxygens (including phenoxy) is 3. The van der Waals surface area contributed by atoms with Crippen molar-refractivity contribution in [1.82, 2.24) is 20.9 Å². The lowest BCUT2D eigenvalue weighted by Gasteiger charge is -2.37. The molecule has 2 aliphatic rings. The molecule has 2 heterocycles. The third-order valence-corrected chi connectivity index (χ3v) is 7.35. The number of carboxylic acid groups (broad SMARTS) is 1. The van der Waals surface area contributed by atoms with E-state index in [1.54, 1.807) is 11.0 Å². The van der Waals surface area contributed by atoms with Gasteiger partial charge in [-0.3, -0.25) is 0 Å². The summed E-state index contributed by atoms with van der Waals surface area (Å²) in [5, 5.41) is 17.7. The zero-order valence-electron chi connectivity index (χ0n) is 24.3. The zero-order valence-corrected chi connectivity index (χ0v) is 25.1. The molecule has 1 aromatic carbocycles. The van der Waals surface area contributed by atoms with Crippen molar-refractivity contribution in [3.05, 3.63) is 34.9 Å². The lowest BCUT2D eigenvalue weighted by atomic mass is 9.88. The minimum Gasteiger partial charge on any atom is -0.465 e. The monoisotopic (exact) mass is 596 g/mol. The van der Waals surface area contributed by atoms with Crippen molar-refractivity contribution in [2.75, 3.05) is 46.0 Å². The molecule has 0 aromatic heterocycles. The van der Waals surface area contributed by atoms with Gasteiger partial charge in [0.15, 0.2) is 0 Å². The highest BCUT2D eigenvalue weighted by atomic mass is 35.5. The standard InChI is InChI=1S/C29H45ClN4O7/c1-29(2,3)41-28(38)33-24(15-20-7-6-13-39-19-20)17-32-26(35)34-12-5-9-22(18-34)25(40-14-11-31-27(36)37)21-8-4-10-23(30)16-21/h4,8,10,16,20,22,24-25,31H,5-7,9,11-15,17-19H2,1-3H3,(H,32,35)(H,33,38)(H,36,37)/t20-,22-,24-,25?/m1/s1. The Morgan fingerprint density at radius 2 is 2.00 bits per heavy atom. The van der Waals surface area contributed by atoms with Crippen molar-refractivity contribution in [2.45, 2.75) is 70.6 Å². The molecule has 11 nitrogen and oxygen atoms in total. The molecule has 0 saturated carbocycles. The Bertz CT molecular complexity index is 1000. The van der Waals surface area contributed by atoms with Crippen LogP contribution in [0.15, 0.2) is 24.3 Å². The molecule has 12 heteroatoms. The van der Waals surface area contributed by atoms with Crippen molar-refractivity contribution in [2.24, 2.45) is 11.8 Å². The third kappa shape index (κ3) is 11.9. The molecular formula is C29H45ClN4O7. The van der Waals surface area contributed by atoms with Crippen molar-refractivity contribution in [1.29, 1.82) is 0 Å². The number of rotatable bonds is 11. The fourth-order valence-corrected chi connectivity index (χ4v) is 5.56. The SMILES string of the molecule is CC(C)(C)OC(=O)N[C@@H](CNC(=O)N1CCC[C@@H](C(OCCNC(=O)O)c2cccc(Cl)c2)C1)C[C@H]1CCCOC1. The maximum atomic E-state index is 13.3. The number of alkyl carbamates (subject to hydrolysis) is 1. The van der Waals surface area contributed by atoms with Crippen LogP contribution < -0.4 is 16.0 Å². The highest BCUT2D eigenvalue weighted by molar-refractivity contribution is 6.30. The maximum Gasteiger partial charge on any atom is 0.407 e. The first-order valence-electron chi connectivity index (χ1n) is 14.4. The molecule has 0 aliphatic carbocycles. The minimum absolute atomic E-state index is 0.00660. The number of hydrogen-bond acceptors (Lipinski definition) is 6. The quantitative estimate of drug-likeness (QED) is 0.269. The Morgan fingerprint density at radius 1 is 1.20 bits per heavy atom. The molecule has 4 N–H and O–H groups in total. The van der Waals surface area contributed by atoms with E-state index in [1.807, 2.05) is 39.0 Å². The summed E-state index contributed by atoms with van der Waals surface area (Å²) < 4.78 is 17.2. The first kappa shape index (κ1) is 32.8. The Morgan fingerprint density at radius 3 is 2.68 bits per heavy atom. The van der Waals surface area contributed by atoms with E-state index in [2.05, 4.69) is 16.0 Å². The normalized spacial score (nSPS) is 20.9. The van der Waals surface area contributed by atoms with Gasteiger partial charge in [-0.15, -0.1) is 0 Å². The molecule has 4 amide bonds. The number of nitrogens with one attached hydrogen (secondary N) is 3. The van der Waals surface area contributed by atoms with Crippen molar-refractivity contribution in [3.63, 3.8) is 0 Å². The van der Waals surface area contributed by atoms with E-state index >= 15 is 0 Å². The summed E-state index contributed by atoms with van der Waals surface area (Å²) in [6, 6.07) is 6.91. The van der Waals surface area contributed by atoms with Gasteiger partial charge in [-0.1, -0.05) is 23.7 Å². The molecule has 2 fully saturated rings. The summed E-state index contributed by atoms with van der Waals surface area (Å²) in [5.74, 6) is 0.291. The van der Waals surface area contributed by atoms with Crippen LogP contribution in [0.3, 0.4) is 0 Å². The summed E-state index contributed by atoms with van der Waals surface area (Å²) in [5.41, 5.74) is 0.260. The molecule has 2 aliphatic heterocycles. The number of likely N-dealkylation sites (tertiary alicyclic amines) is 1. The molecule has 2 saturated heterocycles. The molecule has 0 bridgehead atoms. The highest BCUT2D eigenvalue weighted by Gasteiger charge is 2.32. The zero-order chi connectivity index (χ0) is 29.8. The second-order valence-corrected chi connectivity index (χ2v) is 12.2. The molecule has 4 atom stereocenters. The largest absolute Gasteiger partial charge is 0.465 e. The molecule has 1 unspecified atom stereocenters. The minimum atomic E-state index is -1.11. The van der Waals surface area contributed by atoms with Crippen LogP contribution in [0, 0.1) is 11.8 Å². The van der Waals surface area contributed by atoms with Gasteiger partial charge in [-0.05, 0) is 76.5 Å². The Hall–Kier alpha value is -2.76. The van der Waals surface area contributed by atoms with Gasteiger partial charge in [0, 0.05) is 56.4 Å². The molecule has 0 radical (unpaired) electrons. The summed E-state index contributed by atoms with van der Waals surface area (Å²) in [6.07, 6.45) is 2.34. The maximum absolute atomic E-state index is 13.3. The number of benzene rings is 1. The van der Waals surface area contributed by atoms with Crippen LogP contribution in [0.2, 0.25) is 5.02 Å². The summed E-state index contributed by atoms with van der Waals surface area (Å²) in [4.78, 5) is 38.5. The number of nitrogens with zero attached hydrogens (tertiary/aromatic N) is 1.